The average molecular weight is 1020 g/mol. The predicted octanol–water partition coefficient (Wildman–Crippen LogP) is 21.8. The quantitative estimate of drug-likeness (QED) is 0.0343. The molecule has 428 valence electrons. The summed E-state index contributed by atoms with van der Waals surface area (Å²) in [5, 5.41) is 0. The number of hydrogen-bond acceptors (Lipinski definition) is 6. The fourth-order valence-electron chi connectivity index (χ4n) is 10.2. The highest BCUT2D eigenvalue weighted by molar-refractivity contribution is 5.71. The van der Waals surface area contributed by atoms with Gasteiger partial charge in [-0.05, 0) is 37.0 Å². The molecule has 0 N–H and O–H groups in total. The second kappa shape index (κ2) is 57.1. The lowest BCUT2D eigenvalue weighted by Gasteiger charge is -2.18. The summed E-state index contributed by atoms with van der Waals surface area (Å²) in [6.45, 7) is 13.8. The van der Waals surface area contributed by atoms with Gasteiger partial charge in [0.2, 0.25) is 0 Å². The molecule has 6 heteroatoms. The maximum Gasteiger partial charge on any atom is 0.306 e. The van der Waals surface area contributed by atoms with Crippen molar-refractivity contribution in [2.75, 3.05) is 13.2 Å². The molecular formula is C66H128O6. The molecule has 0 fully saturated rings. The average Bonchev–Trinajstić information content (AvgIpc) is 3.36. The maximum absolute atomic E-state index is 12.9. The Bertz CT molecular complexity index is 1120. The van der Waals surface area contributed by atoms with Gasteiger partial charge in [0.05, 0.1) is 0 Å². The van der Waals surface area contributed by atoms with Crippen LogP contribution in [0.2, 0.25) is 0 Å². The van der Waals surface area contributed by atoms with Crippen LogP contribution in [0.1, 0.15) is 369 Å². The standard InChI is InChI=1S/C66H128O6/c1-7-62(6)54-48-42-36-29-25-21-17-13-9-11-15-19-23-27-31-39-45-51-57-66(69)72-63(59-71-65(68)56-50-44-38-33-32-35-41-47-53-61(4)5)58-70-64(67)55-49-43-37-30-26-22-18-14-10-8-12-16-20-24-28-34-40-46-52-60(2)3/h60-63H,7-59H2,1-6H3/t62?,63-/m0/s1. The van der Waals surface area contributed by atoms with Gasteiger partial charge in [-0.3, -0.25) is 14.4 Å². The SMILES string of the molecule is CCC(C)CCCCCCCCCCCCCCCCCCCCC(=O)O[C@@H](COC(=O)CCCCCCCCCCCCCCCCCCCCC(C)C)COC(=O)CCCCCCCCCCC(C)C. The summed E-state index contributed by atoms with van der Waals surface area (Å²) >= 11 is 0. The summed E-state index contributed by atoms with van der Waals surface area (Å²) in [4.78, 5) is 38.3. The molecule has 0 aliphatic rings. The molecular weight excluding hydrogens is 889 g/mol. The Labute approximate surface area is 450 Å². The van der Waals surface area contributed by atoms with E-state index in [9.17, 15) is 14.4 Å². The Morgan fingerprint density at radius 1 is 0.278 bits per heavy atom. The number of esters is 3. The van der Waals surface area contributed by atoms with Crippen LogP contribution in [0.15, 0.2) is 0 Å². The minimum absolute atomic E-state index is 0.0630. The van der Waals surface area contributed by atoms with Crippen LogP contribution in [0.25, 0.3) is 0 Å². The van der Waals surface area contributed by atoms with Crippen LogP contribution in [0.3, 0.4) is 0 Å². The normalized spacial score (nSPS) is 12.5. The first kappa shape index (κ1) is 70.4. The van der Waals surface area contributed by atoms with E-state index in [1.54, 1.807) is 0 Å². The van der Waals surface area contributed by atoms with E-state index in [4.69, 9.17) is 14.2 Å². The third-order valence-electron chi connectivity index (χ3n) is 15.5. The highest BCUT2D eigenvalue weighted by Gasteiger charge is 2.19. The lowest BCUT2D eigenvalue weighted by molar-refractivity contribution is -0.167. The number of carbonyl (C=O) groups is 3. The zero-order chi connectivity index (χ0) is 52.6. The number of unbranched alkanes of at least 4 members (excludes halogenated alkanes) is 41. The first-order valence-corrected chi connectivity index (χ1v) is 32.6. The van der Waals surface area contributed by atoms with Crippen molar-refractivity contribution in [2.45, 2.75) is 375 Å². The molecule has 0 aliphatic carbocycles. The van der Waals surface area contributed by atoms with Crippen LogP contribution in [-0.4, -0.2) is 37.2 Å². The van der Waals surface area contributed by atoms with Gasteiger partial charge in [-0.15, -0.1) is 0 Å². The number of ether oxygens (including phenoxy) is 3. The smallest absolute Gasteiger partial charge is 0.306 e. The first-order chi connectivity index (χ1) is 35.1. The van der Waals surface area contributed by atoms with Crippen molar-refractivity contribution in [1.82, 2.24) is 0 Å². The Morgan fingerprint density at radius 2 is 0.486 bits per heavy atom. The first-order valence-electron chi connectivity index (χ1n) is 32.6. The number of carbonyl (C=O) groups excluding carboxylic acids is 3. The fourth-order valence-corrected chi connectivity index (χ4v) is 10.2. The van der Waals surface area contributed by atoms with E-state index in [2.05, 4.69) is 41.5 Å². The topological polar surface area (TPSA) is 78.9 Å². The van der Waals surface area contributed by atoms with Crippen molar-refractivity contribution in [1.29, 1.82) is 0 Å². The predicted molar refractivity (Wildman–Crippen MR) is 312 cm³/mol. The second-order valence-electron chi connectivity index (χ2n) is 24.0. The molecule has 0 bridgehead atoms. The van der Waals surface area contributed by atoms with Crippen LogP contribution in [0, 0.1) is 17.8 Å². The molecule has 0 aromatic rings. The molecule has 1 unspecified atom stereocenters. The van der Waals surface area contributed by atoms with Crippen LogP contribution < -0.4 is 0 Å². The summed E-state index contributed by atoms with van der Waals surface area (Å²) in [5.74, 6) is 1.73. The Balaban J connectivity index is 4.20. The van der Waals surface area contributed by atoms with E-state index < -0.39 is 6.10 Å². The minimum Gasteiger partial charge on any atom is -0.462 e. The van der Waals surface area contributed by atoms with Gasteiger partial charge in [-0.2, -0.15) is 0 Å². The summed E-state index contributed by atoms with van der Waals surface area (Å²) in [7, 11) is 0. The number of rotatable bonds is 59. The molecule has 0 radical (unpaired) electrons. The van der Waals surface area contributed by atoms with Crippen LogP contribution in [0.5, 0.6) is 0 Å². The van der Waals surface area contributed by atoms with Gasteiger partial charge >= 0.3 is 17.9 Å². The highest BCUT2D eigenvalue weighted by atomic mass is 16.6. The molecule has 0 amide bonds. The summed E-state index contributed by atoms with van der Waals surface area (Å²) in [6.07, 6.45) is 62.6. The molecule has 2 atom stereocenters. The Morgan fingerprint density at radius 3 is 0.722 bits per heavy atom. The van der Waals surface area contributed by atoms with Crippen molar-refractivity contribution < 1.29 is 28.6 Å². The van der Waals surface area contributed by atoms with E-state index in [1.165, 1.54) is 250 Å². The molecule has 0 spiro atoms. The van der Waals surface area contributed by atoms with Crippen molar-refractivity contribution in [3.05, 3.63) is 0 Å². The van der Waals surface area contributed by atoms with Gasteiger partial charge in [0.1, 0.15) is 13.2 Å². The van der Waals surface area contributed by atoms with Gasteiger partial charge in [-0.1, -0.05) is 330 Å². The van der Waals surface area contributed by atoms with Gasteiger partial charge in [0, 0.05) is 19.3 Å². The Hall–Kier alpha value is -1.59. The fraction of sp³-hybridized carbons (Fsp3) is 0.955. The van der Waals surface area contributed by atoms with E-state index in [0.717, 1.165) is 75.5 Å². The van der Waals surface area contributed by atoms with Gasteiger partial charge in [0.25, 0.3) is 0 Å². The lowest BCUT2D eigenvalue weighted by atomic mass is 9.99. The molecule has 0 aromatic carbocycles. The zero-order valence-corrected chi connectivity index (χ0v) is 49.7. The molecule has 0 rings (SSSR count). The highest BCUT2D eigenvalue weighted by Crippen LogP contribution is 2.20. The largest absolute Gasteiger partial charge is 0.462 e. The van der Waals surface area contributed by atoms with Gasteiger partial charge < -0.3 is 14.2 Å². The summed E-state index contributed by atoms with van der Waals surface area (Å²) in [6, 6.07) is 0. The van der Waals surface area contributed by atoms with Crippen LogP contribution in [-0.2, 0) is 28.6 Å². The zero-order valence-electron chi connectivity index (χ0n) is 49.7. The van der Waals surface area contributed by atoms with E-state index >= 15 is 0 Å². The van der Waals surface area contributed by atoms with Gasteiger partial charge in [0.15, 0.2) is 6.10 Å². The number of hydrogen-bond donors (Lipinski definition) is 0. The van der Waals surface area contributed by atoms with E-state index in [0.29, 0.717) is 19.3 Å². The third kappa shape index (κ3) is 57.7. The summed E-state index contributed by atoms with van der Waals surface area (Å²) in [5.41, 5.74) is 0. The Kier molecular flexibility index (Phi) is 55.9. The molecule has 0 aliphatic heterocycles. The van der Waals surface area contributed by atoms with Crippen LogP contribution in [0.4, 0.5) is 0 Å². The monoisotopic (exact) mass is 1020 g/mol. The second-order valence-corrected chi connectivity index (χ2v) is 24.0. The molecule has 6 nitrogen and oxygen atoms in total. The van der Waals surface area contributed by atoms with E-state index in [-0.39, 0.29) is 31.1 Å². The maximum atomic E-state index is 12.9. The molecule has 0 heterocycles. The van der Waals surface area contributed by atoms with Crippen molar-refractivity contribution >= 4 is 17.9 Å². The third-order valence-corrected chi connectivity index (χ3v) is 15.5. The van der Waals surface area contributed by atoms with Crippen molar-refractivity contribution in [2.24, 2.45) is 17.8 Å². The minimum atomic E-state index is -0.765. The van der Waals surface area contributed by atoms with Gasteiger partial charge in [-0.25, -0.2) is 0 Å². The summed E-state index contributed by atoms with van der Waals surface area (Å²) < 4.78 is 16.9. The molecule has 0 saturated carbocycles. The van der Waals surface area contributed by atoms with E-state index in [1.807, 2.05) is 0 Å². The molecule has 0 saturated heterocycles. The molecule has 0 aromatic heterocycles. The lowest BCUT2D eigenvalue weighted by Crippen LogP contribution is -2.30. The molecule has 72 heavy (non-hydrogen) atoms. The van der Waals surface area contributed by atoms with Crippen molar-refractivity contribution in [3.8, 4) is 0 Å². The van der Waals surface area contributed by atoms with Crippen molar-refractivity contribution in [3.63, 3.8) is 0 Å². The van der Waals surface area contributed by atoms with Crippen LogP contribution >= 0.6 is 0 Å².